The van der Waals surface area contributed by atoms with E-state index in [4.69, 9.17) is 9.47 Å². The van der Waals surface area contributed by atoms with Gasteiger partial charge in [0.1, 0.15) is 6.61 Å². The molecular formula is C16H23N3O2. The molecule has 1 heterocycles. The average molecular weight is 289 g/mol. The summed E-state index contributed by atoms with van der Waals surface area (Å²) in [6.07, 6.45) is 5.46. The van der Waals surface area contributed by atoms with Gasteiger partial charge in [0.25, 0.3) is 0 Å². The van der Waals surface area contributed by atoms with Gasteiger partial charge in [0.2, 0.25) is 0 Å². The van der Waals surface area contributed by atoms with Gasteiger partial charge in [0.15, 0.2) is 11.5 Å². The number of imidazole rings is 1. The lowest BCUT2D eigenvalue weighted by molar-refractivity contribution is 0.279. The Balaban J connectivity index is 1.96. The Labute approximate surface area is 125 Å². The monoisotopic (exact) mass is 289 g/mol. The number of hydrogen-bond acceptors (Lipinski definition) is 4. The highest BCUT2D eigenvalue weighted by molar-refractivity contribution is 5.42. The van der Waals surface area contributed by atoms with Crippen LogP contribution in [0.25, 0.3) is 0 Å². The molecule has 5 nitrogen and oxygen atoms in total. The number of nitrogens with zero attached hydrogens (tertiary/aromatic N) is 2. The first-order valence-electron chi connectivity index (χ1n) is 7.18. The zero-order valence-electron chi connectivity index (χ0n) is 12.9. The summed E-state index contributed by atoms with van der Waals surface area (Å²) in [4.78, 5) is 4.01. The molecular weight excluding hydrogens is 266 g/mol. The molecule has 0 saturated carbocycles. The molecule has 5 heteroatoms. The molecule has 0 atom stereocenters. The average Bonchev–Trinajstić information content (AvgIpc) is 2.98. The number of rotatable bonds is 8. The van der Waals surface area contributed by atoms with Crippen molar-refractivity contribution in [2.75, 3.05) is 13.7 Å². The molecule has 0 saturated heterocycles. The van der Waals surface area contributed by atoms with Crippen molar-refractivity contribution >= 4 is 0 Å². The highest BCUT2D eigenvalue weighted by Gasteiger charge is 2.06. The Hall–Kier alpha value is -2.01. The van der Waals surface area contributed by atoms with Crippen LogP contribution in [0, 0.1) is 0 Å². The van der Waals surface area contributed by atoms with Gasteiger partial charge in [-0.2, -0.15) is 0 Å². The zero-order chi connectivity index (χ0) is 15.1. The van der Waals surface area contributed by atoms with Gasteiger partial charge >= 0.3 is 0 Å². The minimum Gasteiger partial charge on any atom is -0.493 e. The summed E-state index contributed by atoms with van der Waals surface area (Å²) in [7, 11) is 1.66. The second-order valence-electron chi connectivity index (χ2n) is 5.17. The molecule has 2 aromatic rings. The predicted octanol–water partition coefficient (Wildman–Crippen LogP) is 2.47. The maximum absolute atomic E-state index is 5.85. The number of nitrogens with one attached hydrogen (secondary N) is 1. The van der Waals surface area contributed by atoms with Gasteiger partial charge in [-0.25, -0.2) is 4.98 Å². The minimum atomic E-state index is 0.456. The summed E-state index contributed by atoms with van der Waals surface area (Å²) < 4.78 is 13.2. The first-order chi connectivity index (χ1) is 10.2. The standard InChI is InChI=1S/C16H23N3O2/c1-13(2)18-11-14-4-5-15(20-3)16(10-14)21-9-8-19-7-6-17-12-19/h4-7,10,12-13,18H,8-9,11H2,1-3H3. The first-order valence-corrected chi connectivity index (χ1v) is 7.18. The van der Waals surface area contributed by atoms with Gasteiger partial charge in [-0.15, -0.1) is 0 Å². The molecule has 0 aliphatic carbocycles. The molecule has 2 rings (SSSR count). The fourth-order valence-corrected chi connectivity index (χ4v) is 1.95. The van der Waals surface area contributed by atoms with Crippen molar-refractivity contribution < 1.29 is 9.47 Å². The molecule has 1 N–H and O–H groups in total. The Bertz CT molecular complexity index is 538. The Morgan fingerprint density at radius 1 is 1.29 bits per heavy atom. The van der Waals surface area contributed by atoms with Crippen LogP contribution in [-0.2, 0) is 13.1 Å². The van der Waals surface area contributed by atoms with E-state index in [1.807, 2.05) is 22.9 Å². The van der Waals surface area contributed by atoms with Crippen LogP contribution in [0.4, 0.5) is 0 Å². The van der Waals surface area contributed by atoms with Crippen molar-refractivity contribution in [3.05, 3.63) is 42.5 Å². The molecule has 0 aliphatic heterocycles. The molecule has 0 amide bonds. The predicted molar refractivity (Wildman–Crippen MR) is 82.7 cm³/mol. The van der Waals surface area contributed by atoms with Crippen LogP contribution in [0.2, 0.25) is 0 Å². The van der Waals surface area contributed by atoms with Crippen LogP contribution in [0.15, 0.2) is 36.9 Å². The third-order valence-corrected chi connectivity index (χ3v) is 3.11. The summed E-state index contributed by atoms with van der Waals surface area (Å²) in [5.41, 5.74) is 1.18. The second kappa shape index (κ2) is 7.69. The van der Waals surface area contributed by atoms with E-state index < -0.39 is 0 Å². The van der Waals surface area contributed by atoms with E-state index in [0.29, 0.717) is 12.6 Å². The number of ether oxygens (including phenoxy) is 2. The van der Waals surface area contributed by atoms with Crippen molar-refractivity contribution in [2.24, 2.45) is 0 Å². The fourth-order valence-electron chi connectivity index (χ4n) is 1.95. The van der Waals surface area contributed by atoms with Gasteiger partial charge in [0, 0.05) is 25.0 Å². The molecule has 114 valence electrons. The number of aromatic nitrogens is 2. The Kier molecular flexibility index (Phi) is 5.63. The molecule has 0 fully saturated rings. The highest BCUT2D eigenvalue weighted by Crippen LogP contribution is 2.28. The summed E-state index contributed by atoms with van der Waals surface area (Å²) in [6, 6.07) is 6.49. The largest absolute Gasteiger partial charge is 0.493 e. The lowest BCUT2D eigenvalue weighted by Gasteiger charge is -2.14. The molecule has 1 aromatic carbocycles. The Morgan fingerprint density at radius 3 is 2.81 bits per heavy atom. The number of hydrogen-bond donors (Lipinski definition) is 1. The van der Waals surface area contributed by atoms with Gasteiger partial charge in [-0.1, -0.05) is 19.9 Å². The van der Waals surface area contributed by atoms with Gasteiger partial charge in [0.05, 0.1) is 20.0 Å². The molecule has 0 unspecified atom stereocenters. The zero-order valence-corrected chi connectivity index (χ0v) is 12.9. The van der Waals surface area contributed by atoms with Gasteiger partial charge in [-0.05, 0) is 17.7 Å². The fraction of sp³-hybridized carbons (Fsp3) is 0.438. The topological polar surface area (TPSA) is 48.3 Å². The lowest BCUT2D eigenvalue weighted by Crippen LogP contribution is -2.21. The van der Waals surface area contributed by atoms with E-state index in [0.717, 1.165) is 24.6 Å². The smallest absolute Gasteiger partial charge is 0.161 e. The minimum absolute atomic E-state index is 0.456. The number of benzene rings is 1. The van der Waals surface area contributed by atoms with Crippen molar-refractivity contribution in [1.82, 2.24) is 14.9 Å². The van der Waals surface area contributed by atoms with Crippen molar-refractivity contribution in [2.45, 2.75) is 33.0 Å². The number of methoxy groups -OCH3 is 1. The molecule has 21 heavy (non-hydrogen) atoms. The van der Waals surface area contributed by atoms with Crippen LogP contribution in [0.3, 0.4) is 0 Å². The summed E-state index contributed by atoms with van der Waals surface area (Å²) in [6.45, 7) is 6.42. The second-order valence-corrected chi connectivity index (χ2v) is 5.17. The highest BCUT2D eigenvalue weighted by atomic mass is 16.5. The normalized spacial score (nSPS) is 10.9. The van der Waals surface area contributed by atoms with E-state index in [-0.39, 0.29) is 0 Å². The van der Waals surface area contributed by atoms with Crippen LogP contribution in [0.1, 0.15) is 19.4 Å². The van der Waals surface area contributed by atoms with Crippen molar-refractivity contribution in [3.8, 4) is 11.5 Å². The van der Waals surface area contributed by atoms with E-state index in [2.05, 4.69) is 30.2 Å². The third-order valence-electron chi connectivity index (χ3n) is 3.11. The van der Waals surface area contributed by atoms with Crippen LogP contribution in [-0.4, -0.2) is 29.3 Å². The van der Waals surface area contributed by atoms with Crippen LogP contribution >= 0.6 is 0 Å². The van der Waals surface area contributed by atoms with E-state index in [1.165, 1.54) is 5.56 Å². The maximum Gasteiger partial charge on any atom is 0.161 e. The third kappa shape index (κ3) is 4.79. The van der Waals surface area contributed by atoms with Crippen LogP contribution < -0.4 is 14.8 Å². The SMILES string of the molecule is COc1ccc(CNC(C)C)cc1OCCn1ccnc1. The van der Waals surface area contributed by atoms with Crippen LogP contribution in [0.5, 0.6) is 11.5 Å². The molecule has 1 aromatic heterocycles. The van der Waals surface area contributed by atoms with Gasteiger partial charge < -0.3 is 19.4 Å². The molecule has 0 radical (unpaired) electrons. The lowest BCUT2D eigenvalue weighted by atomic mass is 10.2. The van der Waals surface area contributed by atoms with Gasteiger partial charge in [-0.3, -0.25) is 0 Å². The van der Waals surface area contributed by atoms with E-state index in [1.54, 1.807) is 19.6 Å². The summed E-state index contributed by atoms with van der Waals surface area (Å²) >= 11 is 0. The van der Waals surface area contributed by atoms with E-state index in [9.17, 15) is 0 Å². The maximum atomic E-state index is 5.85. The summed E-state index contributed by atoms with van der Waals surface area (Å²) in [5.74, 6) is 1.54. The molecule has 0 spiro atoms. The van der Waals surface area contributed by atoms with Crippen molar-refractivity contribution in [3.63, 3.8) is 0 Å². The van der Waals surface area contributed by atoms with E-state index >= 15 is 0 Å². The molecule has 0 bridgehead atoms. The quantitative estimate of drug-likeness (QED) is 0.811. The first kappa shape index (κ1) is 15.4. The summed E-state index contributed by atoms with van der Waals surface area (Å²) in [5, 5.41) is 3.40. The Morgan fingerprint density at radius 2 is 2.14 bits per heavy atom. The molecule has 0 aliphatic rings. The van der Waals surface area contributed by atoms with Crippen molar-refractivity contribution in [1.29, 1.82) is 0 Å².